The van der Waals surface area contributed by atoms with Crippen LogP contribution in [0, 0.1) is 12.8 Å². The second kappa shape index (κ2) is 4.12. The molecule has 0 saturated heterocycles. The zero-order chi connectivity index (χ0) is 13.6. The van der Waals surface area contributed by atoms with Crippen LogP contribution in [0.15, 0.2) is 24.3 Å². The van der Waals surface area contributed by atoms with E-state index in [0.717, 1.165) is 33.9 Å². The van der Waals surface area contributed by atoms with E-state index in [-0.39, 0.29) is 5.54 Å². The number of aromatic nitrogens is 1. The molecule has 0 radical (unpaired) electrons. The van der Waals surface area contributed by atoms with Crippen LogP contribution >= 0.6 is 0 Å². The molecule has 1 heterocycles. The Balaban J connectivity index is 2.08. The molecule has 3 N–H and O–H groups in total. The van der Waals surface area contributed by atoms with Crippen molar-refractivity contribution in [3.8, 4) is 0 Å². The number of hydrogen-bond acceptors (Lipinski definition) is 3. The van der Waals surface area contributed by atoms with Gasteiger partial charge in [0.1, 0.15) is 0 Å². The minimum atomic E-state index is 0.130. The Kier molecular flexibility index (Phi) is 2.66. The number of rotatable bonds is 3. The lowest BCUT2D eigenvalue weighted by Crippen LogP contribution is -2.33. The van der Waals surface area contributed by atoms with Crippen molar-refractivity contribution >= 4 is 22.3 Å². The first-order chi connectivity index (χ1) is 8.95. The molecular weight excluding hydrogens is 234 g/mol. The number of nitrogens with one attached hydrogen (secondary N) is 1. The van der Waals surface area contributed by atoms with Crippen LogP contribution in [-0.2, 0) is 0 Å². The number of benzene rings is 1. The van der Waals surface area contributed by atoms with Crippen LogP contribution in [0.5, 0.6) is 0 Å². The minimum absolute atomic E-state index is 0.130. The average molecular weight is 255 g/mol. The SMILES string of the molecule is Cc1cc(NC(C)(C)C2CC2)c2cc(N)ccc2n1. The topological polar surface area (TPSA) is 50.9 Å². The van der Waals surface area contributed by atoms with Gasteiger partial charge in [0.2, 0.25) is 0 Å². The van der Waals surface area contributed by atoms with Crippen LogP contribution in [0.4, 0.5) is 11.4 Å². The molecule has 0 spiro atoms. The Bertz CT molecular complexity index is 627. The van der Waals surface area contributed by atoms with Crippen molar-refractivity contribution in [3.63, 3.8) is 0 Å². The monoisotopic (exact) mass is 255 g/mol. The van der Waals surface area contributed by atoms with Gasteiger partial charge < -0.3 is 11.1 Å². The molecule has 0 bridgehead atoms. The van der Waals surface area contributed by atoms with Gasteiger partial charge in [-0.25, -0.2) is 0 Å². The number of fused-ring (bicyclic) bond motifs is 1. The van der Waals surface area contributed by atoms with Crippen molar-refractivity contribution < 1.29 is 0 Å². The molecule has 1 aromatic heterocycles. The van der Waals surface area contributed by atoms with Crippen LogP contribution in [-0.4, -0.2) is 10.5 Å². The lowest BCUT2D eigenvalue weighted by atomic mass is 9.97. The number of pyridine rings is 1. The number of aryl methyl sites for hydroxylation is 1. The van der Waals surface area contributed by atoms with E-state index in [0.29, 0.717) is 0 Å². The van der Waals surface area contributed by atoms with Gasteiger partial charge in [-0.15, -0.1) is 0 Å². The van der Waals surface area contributed by atoms with Crippen molar-refractivity contribution in [2.75, 3.05) is 11.1 Å². The highest BCUT2D eigenvalue weighted by atomic mass is 15.0. The van der Waals surface area contributed by atoms with Crippen LogP contribution in [0.2, 0.25) is 0 Å². The Morgan fingerprint density at radius 3 is 2.68 bits per heavy atom. The van der Waals surface area contributed by atoms with Gasteiger partial charge in [0.15, 0.2) is 0 Å². The summed E-state index contributed by atoms with van der Waals surface area (Å²) in [5.41, 5.74) is 10.0. The van der Waals surface area contributed by atoms with Crippen molar-refractivity contribution in [2.24, 2.45) is 5.92 Å². The van der Waals surface area contributed by atoms with E-state index in [1.807, 2.05) is 25.1 Å². The van der Waals surface area contributed by atoms with Gasteiger partial charge in [-0.2, -0.15) is 0 Å². The molecule has 19 heavy (non-hydrogen) atoms. The van der Waals surface area contributed by atoms with Gasteiger partial charge in [0.25, 0.3) is 0 Å². The largest absolute Gasteiger partial charge is 0.399 e. The number of nitrogen functional groups attached to an aromatic ring is 1. The maximum atomic E-state index is 5.91. The lowest BCUT2D eigenvalue weighted by molar-refractivity contribution is 0.495. The summed E-state index contributed by atoms with van der Waals surface area (Å²) < 4.78 is 0. The van der Waals surface area contributed by atoms with Crippen LogP contribution < -0.4 is 11.1 Å². The van der Waals surface area contributed by atoms with E-state index in [2.05, 4.69) is 30.2 Å². The fourth-order valence-electron chi connectivity index (χ4n) is 2.73. The normalized spacial score (nSPS) is 15.7. The molecule has 100 valence electrons. The van der Waals surface area contributed by atoms with E-state index in [4.69, 9.17) is 5.73 Å². The number of anilines is 2. The molecule has 3 heteroatoms. The fourth-order valence-corrected chi connectivity index (χ4v) is 2.73. The molecular formula is C16H21N3. The Morgan fingerprint density at radius 1 is 1.26 bits per heavy atom. The second-order valence-electron chi connectivity index (χ2n) is 6.21. The molecule has 1 saturated carbocycles. The first-order valence-electron chi connectivity index (χ1n) is 6.91. The third-order valence-electron chi connectivity index (χ3n) is 4.02. The predicted octanol–water partition coefficient (Wildman–Crippen LogP) is 3.73. The maximum absolute atomic E-state index is 5.91. The van der Waals surface area contributed by atoms with Gasteiger partial charge in [-0.05, 0) is 63.8 Å². The van der Waals surface area contributed by atoms with Crippen LogP contribution in [0.1, 0.15) is 32.4 Å². The summed E-state index contributed by atoms with van der Waals surface area (Å²) in [7, 11) is 0. The van der Waals surface area contributed by atoms with Gasteiger partial charge in [-0.3, -0.25) is 4.98 Å². The van der Waals surface area contributed by atoms with Crippen molar-refractivity contribution in [3.05, 3.63) is 30.0 Å². The highest BCUT2D eigenvalue weighted by Gasteiger charge is 2.37. The van der Waals surface area contributed by atoms with Crippen molar-refractivity contribution in [1.29, 1.82) is 0 Å². The van der Waals surface area contributed by atoms with Gasteiger partial charge >= 0.3 is 0 Å². The highest BCUT2D eigenvalue weighted by molar-refractivity contribution is 5.93. The minimum Gasteiger partial charge on any atom is -0.399 e. The second-order valence-corrected chi connectivity index (χ2v) is 6.21. The quantitative estimate of drug-likeness (QED) is 0.822. The Hall–Kier alpha value is -1.77. The summed E-state index contributed by atoms with van der Waals surface area (Å²) in [5.74, 6) is 0.775. The van der Waals surface area contributed by atoms with Gasteiger partial charge in [0.05, 0.1) is 5.52 Å². The van der Waals surface area contributed by atoms with E-state index in [9.17, 15) is 0 Å². The zero-order valence-corrected chi connectivity index (χ0v) is 11.8. The summed E-state index contributed by atoms with van der Waals surface area (Å²) in [4.78, 5) is 4.57. The summed E-state index contributed by atoms with van der Waals surface area (Å²) in [6.07, 6.45) is 2.65. The predicted molar refractivity (Wildman–Crippen MR) is 81.3 cm³/mol. The smallest absolute Gasteiger partial charge is 0.0727 e. The number of nitrogens with two attached hydrogens (primary N) is 1. The summed E-state index contributed by atoms with van der Waals surface area (Å²) in [5, 5.41) is 4.81. The van der Waals surface area contributed by atoms with Crippen molar-refractivity contribution in [2.45, 2.75) is 39.2 Å². The third-order valence-corrected chi connectivity index (χ3v) is 4.02. The van der Waals surface area contributed by atoms with Crippen LogP contribution in [0.3, 0.4) is 0 Å². The van der Waals surface area contributed by atoms with Crippen molar-refractivity contribution in [1.82, 2.24) is 4.98 Å². The summed E-state index contributed by atoms with van der Waals surface area (Å²) in [6.45, 7) is 6.59. The highest BCUT2D eigenvalue weighted by Crippen LogP contribution is 2.42. The Labute approximate surface area is 114 Å². The first kappa shape index (κ1) is 12.3. The number of hydrogen-bond donors (Lipinski definition) is 2. The molecule has 3 nitrogen and oxygen atoms in total. The van der Waals surface area contributed by atoms with E-state index in [1.54, 1.807) is 0 Å². The Morgan fingerprint density at radius 2 is 2.00 bits per heavy atom. The van der Waals surface area contributed by atoms with Crippen LogP contribution in [0.25, 0.3) is 10.9 Å². The molecule has 1 aromatic carbocycles. The molecule has 0 amide bonds. The molecule has 3 rings (SSSR count). The fraction of sp³-hybridized carbons (Fsp3) is 0.438. The van der Waals surface area contributed by atoms with Gasteiger partial charge in [0, 0.05) is 28.0 Å². The summed E-state index contributed by atoms with van der Waals surface area (Å²) in [6, 6.07) is 8.02. The zero-order valence-electron chi connectivity index (χ0n) is 11.8. The standard InChI is InChI=1S/C16H21N3/c1-10-8-15(19-16(2,3)11-4-5-11)13-9-12(17)6-7-14(13)18-10/h6-9,11H,4-5,17H2,1-3H3,(H,18,19). The molecule has 2 aromatic rings. The number of nitrogens with zero attached hydrogens (tertiary/aromatic N) is 1. The summed E-state index contributed by atoms with van der Waals surface area (Å²) >= 11 is 0. The van der Waals surface area contributed by atoms with Gasteiger partial charge in [-0.1, -0.05) is 0 Å². The van der Waals surface area contributed by atoms with E-state index >= 15 is 0 Å². The molecule has 1 aliphatic carbocycles. The lowest BCUT2D eigenvalue weighted by Gasteiger charge is -2.28. The maximum Gasteiger partial charge on any atom is 0.0727 e. The van der Waals surface area contributed by atoms with E-state index < -0.39 is 0 Å². The molecule has 0 unspecified atom stereocenters. The molecule has 0 aliphatic heterocycles. The molecule has 1 fully saturated rings. The third kappa shape index (κ3) is 2.37. The molecule has 1 aliphatic rings. The first-order valence-corrected chi connectivity index (χ1v) is 6.91. The van der Waals surface area contributed by atoms with E-state index in [1.165, 1.54) is 12.8 Å². The molecule has 0 atom stereocenters. The average Bonchev–Trinajstić information content (AvgIpc) is 3.13.